The van der Waals surface area contributed by atoms with E-state index in [-0.39, 0.29) is 0 Å². The standard InChI is InChI=1S/C12H19ClN2/c1-15-9-11(8-14-15)6-10-4-2-3-5-12(13)7-10/h8-10,12H,2-7H2,1H3. The summed E-state index contributed by atoms with van der Waals surface area (Å²) in [6.45, 7) is 0. The topological polar surface area (TPSA) is 17.8 Å². The summed E-state index contributed by atoms with van der Waals surface area (Å²) in [7, 11) is 1.97. The van der Waals surface area contributed by atoms with Crippen molar-refractivity contribution in [3.8, 4) is 0 Å². The quantitative estimate of drug-likeness (QED) is 0.560. The van der Waals surface area contributed by atoms with Crippen molar-refractivity contribution in [1.82, 2.24) is 9.78 Å². The summed E-state index contributed by atoms with van der Waals surface area (Å²) < 4.78 is 1.88. The highest BCUT2D eigenvalue weighted by Crippen LogP contribution is 2.28. The van der Waals surface area contributed by atoms with Gasteiger partial charge in [0.2, 0.25) is 0 Å². The SMILES string of the molecule is Cn1cc(CC2CCCCC(Cl)C2)cn1. The van der Waals surface area contributed by atoms with Gasteiger partial charge in [0.25, 0.3) is 0 Å². The Labute approximate surface area is 96.6 Å². The van der Waals surface area contributed by atoms with Crippen LogP contribution in [0.2, 0.25) is 0 Å². The van der Waals surface area contributed by atoms with Gasteiger partial charge in [-0.1, -0.05) is 19.3 Å². The van der Waals surface area contributed by atoms with Gasteiger partial charge in [0.15, 0.2) is 0 Å². The second-order valence-electron chi connectivity index (χ2n) is 4.71. The third-order valence-corrected chi connectivity index (χ3v) is 3.65. The zero-order valence-electron chi connectivity index (χ0n) is 9.32. The molecule has 1 fully saturated rings. The van der Waals surface area contributed by atoms with E-state index in [1.165, 1.54) is 37.7 Å². The lowest BCUT2D eigenvalue weighted by atomic mass is 9.94. The summed E-state index contributed by atoms with van der Waals surface area (Å²) in [5.74, 6) is 0.763. The van der Waals surface area contributed by atoms with Gasteiger partial charge in [-0.2, -0.15) is 5.10 Å². The summed E-state index contributed by atoms with van der Waals surface area (Å²) >= 11 is 6.27. The molecule has 2 unspecified atom stereocenters. The Hall–Kier alpha value is -0.500. The maximum atomic E-state index is 6.27. The maximum Gasteiger partial charge on any atom is 0.0521 e. The van der Waals surface area contributed by atoms with E-state index >= 15 is 0 Å². The number of nitrogens with zero attached hydrogens (tertiary/aromatic N) is 2. The van der Waals surface area contributed by atoms with Gasteiger partial charge >= 0.3 is 0 Å². The van der Waals surface area contributed by atoms with Crippen LogP contribution >= 0.6 is 11.6 Å². The molecule has 84 valence electrons. The fraction of sp³-hybridized carbons (Fsp3) is 0.750. The van der Waals surface area contributed by atoms with Crippen molar-refractivity contribution in [2.45, 2.75) is 43.9 Å². The highest BCUT2D eigenvalue weighted by molar-refractivity contribution is 6.20. The van der Waals surface area contributed by atoms with Crippen LogP contribution in [0, 0.1) is 5.92 Å². The number of halogens is 1. The molecule has 1 aromatic rings. The van der Waals surface area contributed by atoms with Crippen LogP contribution in [0.4, 0.5) is 0 Å². The minimum atomic E-state index is 0.397. The molecule has 0 radical (unpaired) electrons. The number of rotatable bonds is 2. The van der Waals surface area contributed by atoms with Crippen LogP contribution in [0.15, 0.2) is 12.4 Å². The molecule has 0 spiro atoms. The molecule has 1 heterocycles. The molecule has 0 saturated heterocycles. The monoisotopic (exact) mass is 226 g/mol. The Morgan fingerprint density at radius 1 is 1.47 bits per heavy atom. The van der Waals surface area contributed by atoms with Gasteiger partial charge in [0.05, 0.1) is 6.20 Å². The Bertz CT molecular complexity index is 308. The number of alkyl halides is 1. The van der Waals surface area contributed by atoms with Gasteiger partial charge in [-0.25, -0.2) is 0 Å². The number of aryl methyl sites for hydroxylation is 1. The molecule has 0 bridgehead atoms. The Morgan fingerprint density at radius 3 is 3.00 bits per heavy atom. The van der Waals surface area contributed by atoms with Crippen molar-refractivity contribution in [3.05, 3.63) is 18.0 Å². The van der Waals surface area contributed by atoms with Gasteiger partial charge in [-0.05, 0) is 30.7 Å². The number of hydrogen-bond acceptors (Lipinski definition) is 1. The smallest absolute Gasteiger partial charge is 0.0521 e. The van der Waals surface area contributed by atoms with Crippen molar-refractivity contribution >= 4 is 11.6 Å². The van der Waals surface area contributed by atoms with Crippen molar-refractivity contribution in [2.24, 2.45) is 13.0 Å². The molecule has 15 heavy (non-hydrogen) atoms. The van der Waals surface area contributed by atoms with E-state index < -0.39 is 0 Å². The van der Waals surface area contributed by atoms with Crippen LogP contribution in [-0.4, -0.2) is 15.2 Å². The molecule has 0 amide bonds. The fourth-order valence-corrected chi connectivity index (χ4v) is 2.90. The fourth-order valence-electron chi connectivity index (χ4n) is 2.49. The zero-order chi connectivity index (χ0) is 10.7. The van der Waals surface area contributed by atoms with E-state index in [1.54, 1.807) is 0 Å². The van der Waals surface area contributed by atoms with Crippen molar-refractivity contribution in [2.75, 3.05) is 0 Å². The largest absolute Gasteiger partial charge is 0.276 e. The summed E-state index contributed by atoms with van der Waals surface area (Å²) in [6, 6.07) is 0. The average molecular weight is 227 g/mol. The first-order valence-electron chi connectivity index (χ1n) is 5.85. The number of aromatic nitrogens is 2. The van der Waals surface area contributed by atoms with Crippen molar-refractivity contribution in [1.29, 1.82) is 0 Å². The van der Waals surface area contributed by atoms with Crippen LogP contribution < -0.4 is 0 Å². The van der Waals surface area contributed by atoms with E-state index in [4.69, 9.17) is 11.6 Å². The first-order valence-corrected chi connectivity index (χ1v) is 6.29. The van der Waals surface area contributed by atoms with E-state index in [0.717, 1.165) is 12.3 Å². The van der Waals surface area contributed by atoms with E-state index in [9.17, 15) is 0 Å². The zero-order valence-corrected chi connectivity index (χ0v) is 10.1. The summed E-state index contributed by atoms with van der Waals surface area (Å²) in [5.41, 5.74) is 1.35. The molecule has 2 atom stereocenters. The third kappa shape index (κ3) is 3.23. The first kappa shape index (κ1) is 11.0. The summed E-state index contributed by atoms with van der Waals surface area (Å²) in [4.78, 5) is 0. The van der Waals surface area contributed by atoms with E-state index in [2.05, 4.69) is 11.3 Å². The van der Waals surface area contributed by atoms with Crippen LogP contribution in [0.1, 0.15) is 37.7 Å². The molecule has 1 saturated carbocycles. The molecule has 1 aromatic heterocycles. The molecule has 3 heteroatoms. The Balaban J connectivity index is 1.92. The van der Waals surface area contributed by atoms with Crippen LogP contribution in [0.5, 0.6) is 0 Å². The van der Waals surface area contributed by atoms with Crippen LogP contribution in [0.3, 0.4) is 0 Å². The van der Waals surface area contributed by atoms with Crippen LogP contribution in [0.25, 0.3) is 0 Å². The van der Waals surface area contributed by atoms with Gasteiger partial charge in [0.1, 0.15) is 0 Å². The minimum absolute atomic E-state index is 0.397. The third-order valence-electron chi connectivity index (χ3n) is 3.25. The van der Waals surface area contributed by atoms with E-state index in [1.807, 2.05) is 17.9 Å². The molecule has 2 nitrogen and oxygen atoms in total. The van der Waals surface area contributed by atoms with Gasteiger partial charge < -0.3 is 0 Å². The minimum Gasteiger partial charge on any atom is -0.276 e. The summed E-state index contributed by atoms with van der Waals surface area (Å²) in [5, 5.41) is 4.61. The van der Waals surface area contributed by atoms with Crippen molar-refractivity contribution < 1.29 is 0 Å². The molecular formula is C12H19ClN2. The predicted molar refractivity (Wildman–Crippen MR) is 63.1 cm³/mol. The lowest BCUT2D eigenvalue weighted by Crippen LogP contribution is -2.08. The molecule has 1 aliphatic carbocycles. The normalized spacial score (nSPS) is 27.6. The van der Waals surface area contributed by atoms with Gasteiger partial charge in [-0.15, -0.1) is 11.6 Å². The lowest BCUT2D eigenvalue weighted by Gasteiger charge is -2.14. The van der Waals surface area contributed by atoms with E-state index in [0.29, 0.717) is 5.38 Å². The highest BCUT2D eigenvalue weighted by Gasteiger charge is 2.19. The predicted octanol–water partition coefficient (Wildman–Crippen LogP) is 3.15. The molecule has 2 rings (SSSR count). The first-order chi connectivity index (χ1) is 7.24. The lowest BCUT2D eigenvalue weighted by molar-refractivity contribution is 0.460. The summed E-state index contributed by atoms with van der Waals surface area (Å²) in [6.07, 6.45) is 11.6. The Morgan fingerprint density at radius 2 is 2.27 bits per heavy atom. The maximum absolute atomic E-state index is 6.27. The number of hydrogen-bond donors (Lipinski definition) is 0. The Kier molecular flexibility index (Phi) is 3.68. The van der Waals surface area contributed by atoms with Gasteiger partial charge in [-0.3, -0.25) is 4.68 Å². The second kappa shape index (κ2) is 5.02. The van der Waals surface area contributed by atoms with Crippen molar-refractivity contribution in [3.63, 3.8) is 0 Å². The highest BCUT2D eigenvalue weighted by atomic mass is 35.5. The molecule has 0 aromatic carbocycles. The average Bonchev–Trinajstić information content (AvgIpc) is 2.46. The molecular weight excluding hydrogens is 208 g/mol. The molecule has 1 aliphatic rings. The molecule has 0 aliphatic heterocycles. The molecule has 0 N–H and O–H groups in total. The van der Waals surface area contributed by atoms with Gasteiger partial charge in [0, 0.05) is 18.6 Å². The second-order valence-corrected chi connectivity index (χ2v) is 5.33. The van der Waals surface area contributed by atoms with Crippen LogP contribution in [-0.2, 0) is 13.5 Å².